The van der Waals surface area contributed by atoms with E-state index in [4.69, 9.17) is 0 Å². The van der Waals surface area contributed by atoms with Crippen molar-refractivity contribution in [1.29, 1.82) is 0 Å². The van der Waals surface area contributed by atoms with Crippen LogP contribution in [0.4, 0.5) is 0 Å². The minimum Gasteiger partial charge on any atom is -0.298 e. The van der Waals surface area contributed by atoms with Crippen LogP contribution in [-0.4, -0.2) is 29.8 Å². The van der Waals surface area contributed by atoms with Crippen LogP contribution in [0.5, 0.6) is 0 Å². The number of nitrogens with zero attached hydrogens (tertiary/aromatic N) is 1. The topological polar surface area (TPSA) is 20.3 Å². The first-order chi connectivity index (χ1) is 13.2. The Balaban J connectivity index is 1.61. The second-order valence-electron chi connectivity index (χ2n) is 7.88. The molecule has 2 aromatic rings. The third-order valence-electron chi connectivity index (χ3n) is 6.13. The number of rotatable bonds is 4. The number of hydrogen-bond donors (Lipinski definition) is 0. The van der Waals surface area contributed by atoms with E-state index in [2.05, 4.69) is 59.5 Å². The summed E-state index contributed by atoms with van der Waals surface area (Å²) in [6.07, 6.45) is 9.02. The lowest BCUT2D eigenvalue weighted by molar-refractivity contribution is -0.123. The van der Waals surface area contributed by atoms with Crippen LogP contribution in [0.1, 0.15) is 54.9 Å². The number of hydrogen-bond acceptors (Lipinski definition) is 2. The standard InChI is InChI=1S/C25H29NO/c1-19(27)25-14-6-7-17-26(25)18-8-13-24-22-11-4-2-9-20(22)15-16-21-10-3-5-12-23(21)24/h2-5,9-13,25H,6-8,14-18H2,1H3. The van der Waals surface area contributed by atoms with Gasteiger partial charge in [0.2, 0.25) is 0 Å². The Morgan fingerprint density at radius 1 is 1.00 bits per heavy atom. The van der Waals surface area contributed by atoms with Crippen molar-refractivity contribution in [3.63, 3.8) is 0 Å². The molecular formula is C25H29NO. The van der Waals surface area contributed by atoms with Gasteiger partial charge in [0.05, 0.1) is 6.04 Å². The second kappa shape index (κ2) is 8.22. The molecule has 0 radical (unpaired) electrons. The normalized spacial score (nSPS) is 19.7. The third-order valence-corrected chi connectivity index (χ3v) is 6.13. The van der Waals surface area contributed by atoms with Gasteiger partial charge in [0.15, 0.2) is 0 Å². The van der Waals surface area contributed by atoms with Crippen LogP contribution in [0.2, 0.25) is 0 Å². The average molecular weight is 360 g/mol. The summed E-state index contributed by atoms with van der Waals surface area (Å²) in [5, 5.41) is 0. The first-order valence-electron chi connectivity index (χ1n) is 10.4. The van der Waals surface area contributed by atoms with Crippen LogP contribution in [0.25, 0.3) is 5.57 Å². The number of carbonyl (C=O) groups is 1. The zero-order chi connectivity index (χ0) is 18.6. The van der Waals surface area contributed by atoms with Crippen molar-refractivity contribution in [2.45, 2.75) is 51.5 Å². The van der Waals surface area contributed by atoms with Crippen LogP contribution in [0.15, 0.2) is 54.6 Å². The zero-order valence-corrected chi connectivity index (χ0v) is 16.3. The Morgan fingerprint density at radius 2 is 1.63 bits per heavy atom. The smallest absolute Gasteiger partial charge is 0.146 e. The highest BCUT2D eigenvalue weighted by Crippen LogP contribution is 2.33. The third kappa shape index (κ3) is 3.91. The number of fused-ring (bicyclic) bond motifs is 2. The van der Waals surface area contributed by atoms with Gasteiger partial charge in [-0.25, -0.2) is 0 Å². The Hall–Kier alpha value is -2.19. The van der Waals surface area contributed by atoms with Crippen LogP contribution in [0.3, 0.4) is 0 Å². The van der Waals surface area contributed by atoms with Gasteiger partial charge in [-0.2, -0.15) is 0 Å². The molecule has 27 heavy (non-hydrogen) atoms. The molecule has 2 heteroatoms. The molecule has 0 spiro atoms. The summed E-state index contributed by atoms with van der Waals surface area (Å²) in [5.74, 6) is 0.326. The number of Topliss-reactive ketones (excluding diaryl/α,β-unsaturated/α-hetero) is 1. The van der Waals surface area contributed by atoms with Gasteiger partial charge in [0.25, 0.3) is 0 Å². The molecule has 0 bridgehead atoms. The maximum Gasteiger partial charge on any atom is 0.146 e. The molecule has 2 aliphatic rings. The number of aryl methyl sites for hydroxylation is 2. The van der Waals surface area contributed by atoms with Gasteiger partial charge in [-0.1, -0.05) is 61.0 Å². The molecule has 1 aliphatic carbocycles. The predicted molar refractivity (Wildman–Crippen MR) is 112 cm³/mol. The zero-order valence-electron chi connectivity index (χ0n) is 16.3. The number of carbonyl (C=O) groups excluding carboxylic acids is 1. The minimum absolute atomic E-state index is 0.130. The maximum absolute atomic E-state index is 12.0. The summed E-state index contributed by atoms with van der Waals surface area (Å²) < 4.78 is 0. The average Bonchev–Trinajstić information content (AvgIpc) is 2.86. The summed E-state index contributed by atoms with van der Waals surface area (Å²) in [5.41, 5.74) is 7.02. The Morgan fingerprint density at radius 3 is 2.26 bits per heavy atom. The van der Waals surface area contributed by atoms with Gasteiger partial charge in [0, 0.05) is 6.54 Å². The van der Waals surface area contributed by atoms with Crippen molar-refractivity contribution in [2.75, 3.05) is 13.1 Å². The lowest BCUT2D eigenvalue weighted by Crippen LogP contribution is -2.44. The Bertz CT molecular complexity index is 801. The van der Waals surface area contributed by atoms with E-state index in [1.807, 2.05) is 0 Å². The largest absolute Gasteiger partial charge is 0.298 e. The first-order valence-corrected chi connectivity index (χ1v) is 10.4. The quantitative estimate of drug-likeness (QED) is 0.761. The Labute approximate surface area is 162 Å². The molecule has 140 valence electrons. The second-order valence-corrected chi connectivity index (χ2v) is 7.88. The molecule has 1 heterocycles. The van der Waals surface area contributed by atoms with Crippen LogP contribution >= 0.6 is 0 Å². The summed E-state index contributed by atoms with van der Waals surface area (Å²) in [6.45, 7) is 3.78. The molecule has 0 saturated carbocycles. The van der Waals surface area contributed by atoms with Crippen molar-refractivity contribution in [3.05, 3.63) is 76.9 Å². The van der Waals surface area contributed by atoms with E-state index in [1.54, 1.807) is 6.92 Å². The van der Waals surface area contributed by atoms with E-state index in [9.17, 15) is 4.79 Å². The summed E-state index contributed by atoms with van der Waals surface area (Å²) >= 11 is 0. The van der Waals surface area contributed by atoms with E-state index >= 15 is 0 Å². The molecule has 0 amide bonds. The van der Waals surface area contributed by atoms with E-state index in [0.717, 1.165) is 38.8 Å². The minimum atomic E-state index is 0.130. The molecule has 1 atom stereocenters. The highest BCUT2D eigenvalue weighted by atomic mass is 16.1. The van der Waals surface area contributed by atoms with Crippen molar-refractivity contribution >= 4 is 11.4 Å². The number of benzene rings is 2. The SMILES string of the molecule is CC(=O)C1CCCCN1CCC=C1c2ccccc2CCc2ccccc21. The van der Waals surface area contributed by atoms with Crippen molar-refractivity contribution in [3.8, 4) is 0 Å². The lowest BCUT2D eigenvalue weighted by atomic mass is 9.93. The van der Waals surface area contributed by atoms with Gasteiger partial charge in [-0.15, -0.1) is 0 Å². The summed E-state index contributed by atoms with van der Waals surface area (Å²) in [6, 6.07) is 17.8. The maximum atomic E-state index is 12.0. The molecule has 1 unspecified atom stereocenters. The lowest BCUT2D eigenvalue weighted by Gasteiger charge is -2.33. The van der Waals surface area contributed by atoms with Crippen molar-refractivity contribution in [2.24, 2.45) is 0 Å². The van der Waals surface area contributed by atoms with Crippen molar-refractivity contribution in [1.82, 2.24) is 4.90 Å². The van der Waals surface area contributed by atoms with Gasteiger partial charge < -0.3 is 0 Å². The highest BCUT2D eigenvalue weighted by molar-refractivity contribution is 5.84. The monoisotopic (exact) mass is 359 g/mol. The fourth-order valence-electron chi connectivity index (χ4n) is 4.73. The van der Waals surface area contributed by atoms with E-state index in [-0.39, 0.29) is 6.04 Å². The Kier molecular flexibility index (Phi) is 5.54. The van der Waals surface area contributed by atoms with Crippen molar-refractivity contribution < 1.29 is 4.79 Å². The van der Waals surface area contributed by atoms with Gasteiger partial charge in [-0.3, -0.25) is 9.69 Å². The number of ketones is 1. The van der Waals surface area contributed by atoms with Crippen LogP contribution in [-0.2, 0) is 17.6 Å². The highest BCUT2D eigenvalue weighted by Gasteiger charge is 2.25. The van der Waals surface area contributed by atoms with Gasteiger partial charge >= 0.3 is 0 Å². The molecule has 4 rings (SSSR count). The molecule has 0 N–H and O–H groups in total. The van der Waals surface area contributed by atoms with Crippen LogP contribution in [0, 0.1) is 0 Å². The van der Waals surface area contributed by atoms with E-state index in [0.29, 0.717) is 5.78 Å². The molecule has 0 aromatic heterocycles. The molecule has 2 nitrogen and oxygen atoms in total. The summed E-state index contributed by atoms with van der Waals surface area (Å²) in [7, 11) is 0. The van der Waals surface area contributed by atoms with E-state index in [1.165, 1.54) is 40.7 Å². The number of piperidine rings is 1. The molecule has 1 saturated heterocycles. The predicted octanol–water partition coefficient (Wildman–Crippen LogP) is 5.05. The first kappa shape index (κ1) is 18.2. The molecular weight excluding hydrogens is 330 g/mol. The van der Waals surface area contributed by atoms with E-state index < -0.39 is 0 Å². The molecule has 1 aliphatic heterocycles. The fourth-order valence-corrected chi connectivity index (χ4v) is 4.73. The fraction of sp³-hybridized carbons (Fsp3) is 0.400. The molecule has 1 fully saturated rings. The van der Waals surface area contributed by atoms with Crippen LogP contribution < -0.4 is 0 Å². The van der Waals surface area contributed by atoms with Gasteiger partial charge in [0.1, 0.15) is 5.78 Å². The number of likely N-dealkylation sites (tertiary alicyclic amines) is 1. The molecule has 2 aromatic carbocycles. The van der Waals surface area contributed by atoms with Gasteiger partial charge in [-0.05, 0) is 73.4 Å². The summed E-state index contributed by atoms with van der Waals surface area (Å²) in [4.78, 5) is 14.4.